The predicted molar refractivity (Wildman–Crippen MR) is 57.2 cm³/mol. The van der Waals surface area contributed by atoms with E-state index in [1.54, 1.807) is 7.05 Å². The molecule has 0 bridgehead atoms. The van der Waals surface area contributed by atoms with Crippen molar-refractivity contribution < 1.29 is 14.7 Å². The second-order valence-electron chi connectivity index (χ2n) is 4.27. The Morgan fingerprint density at radius 2 is 1.87 bits per heavy atom. The summed E-state index contributed by atoms with van der Waals surface area (Å²) in [6.07, 6.45) is 0.541. The van der Waals surface area contributed by atoms with Crippen molar-refractivity contribution in [3.05, 3.63) is 0 Å². The van der Waals surface area contributed by atoms with Gasteiger partial charge in [0.2, 0.25) is 11.8 Å². The zero-order chi connectivity index (χ0) is 11.9. The standard InChI is InChI=1S/C10H20N2O3/c1-10(2,7-13)6-9(15)12-5-4-8(14)11-3/h13H,4-7H2,1-3H3,(H,11,14)(H,12,15). The average Bonchev–Trinajstić information content (AvgIpc) is 2.16. The van der Waals surface area contributed by atoms with E-state index in [2.05, 4.69) is 10.6 Å². The van der Waals surface area contributed by atoms with Gasteiger partial charge in [0.05, 0.1) is 0 Å². The zero-order valence-corrected chi connectivity index (χ0v) is 9.59. The van der Waals surface area contributed by atoms with Gasteiger partial charge in [-0.2, -0.15) is 0 Å². The third-order valence-corrected chi connectivity index (χ3v) is 2.02. The molecule has 0 heterocycles. The molecule has 0 aliphatic rings. The van der Waals surface area contributed by atoms with Gasteiger partial charge in [-0.3, -0.25) is 9.59 Å². The first-order chi connectivity index (χ1) is 6.91. The van der Waals surface area contributed by atoms with E-state index in [0.29, 0.717) is 6.54 Å². The fourth-order valence-corrected chi connectivity index (χ4v) is 0.993. The molecule has 0 aromatic rings. The molecule has 15 heavy (non-hydrogen) atoms. The van der Waals surface area contributed by atoms with Gasteiger partial charge in [-0.1, -0.05) is 13.8 Å². The summed E-state index contributed by atoms with van der Waals surface area (Å²) < 4.78 is 0. The van der Waals surface area contributed by atoms with Crippen LogP contribution in [0.3, 0.4) is 0 Å². The minimum Gasteiger partial charge on any atom is -0.396 e. The molecule has 0 saturated heterocycles. The second-order valence-corrected chi connectivity index (χ2v) is 4.27. The number of aliphatic hydroxyl groups is 1. The van der Waals surface area contributed by atoms with Crippen LogP contribution in [0.1, 0.15) is 26.7 Å². The molecule has 0 aliphatic heterocycles. The molecule has 0 atom stereocenters. The highest BCUT2D eigenvalue weighted by Crippen LogP contribution is 2.18. The van der Waals surface area contributed by atoms with Gasteiger partial charge in [0, 0.05) is 33.0 Å². The van der Waals surface area contributed by atoms with Crippen LogP contribution in [0, 0.1) is 5.41 Å². The summed E-state index contributed by atoms with van der Waals surface area (Å²) in [5.74, 6) is -0.241. The molecular weight excluding hydrogens is 196 g/mol. The molecule has 0 aromatic carbocycles. The van der Waals surface area contributed by atoms with Crippen molar-refractivity contribution in [2.24, 2.45) is 5.41 Å². The van der Waals surface area contributed by atoms with Crippen LogP contribution in [-0.2, 0) is 9.59 Å². The van der Waals surface area contributed by atoms with Crippen molar-refractivity contribution in [1.29, 1.82) is 0 Å². The Morgan fingerprint density at radius 1 is 1.27 bits per heavy atom. The van der Waals surface area contributed by atoms with Crippen molar-refractivity contribution >= 4 is 11.8 Å². The minimum absolute atomic E-state index is 0.0319. The van der Waals surface area contributed by atoms with E-state index in [9.17, 15) is 9.59 Å². The van der Waals surface area contributed by atoms with E-state index < -0.39 is 5.41 Å². The molecule has 0 radical (unpaired) electrons. The Morgan fingerprint density at radius 3 is 2.33 bits per heavy atom. The van der Waals surface area contributed by atoms with E-state index in [4.69, 9.17) is 5.11 Å². The zero-order valence-electron chi connectivity index (χ0n) is 9.59. The first-order valence-electron chi connectivity index (χ1n) is 4.99. The van der Waals surface area contributed by atoms with Gasteiger partial charge in [-0.05, 0) is 5.41 Å². The number of carbonyl (C=O) groups excluding carboxylic acids is 2. The highest BCUT2D eigenvalue weighted by atomic mass is 16.3. The predicted octanol–water partition coefficient (Wildman–Crippen LogP) is -0.353. The number of amides is 2. The van der Waals surface area contributed by atoms with Crippen LogP contribution < -0.4 is 10.6 Å². The van der Waals surface area contributed by atoms with Crippen LogP contribution in [0.25, 0.3) is 0 Å². The molecule has 5 nitrogen and oxygen atoms in total. The maximum atomic E-state index is 11.3. The summed E-state index contributed by atoms with van der Waals surface area (Å²) in [6.45, 7) is 3.92. The lowest BCUT2D eigenvalue weighted by atomic mass is 9.90. The monoisotopic (exact) mass is 216 g/mol. The van der Waals surface area contributed by atoms with Crippen LogP contribution in [0.15, 0.2) is 0 Å². The van der Waals surface area contributed by atoms with E-state index >= 15 is 0 Å². The van der Waals surface area contributed by atoms with Gasteiger partial charge in [0.1, 0.15) is 0 Å². The Hall–Kier alpha value is -1.10. The van der Waals surface area contributed by atoms with Crippen molar-refractivity contribution in [2.75, 3.05) is 20.2 Å². The van der Waals surface area contributed by atoms with Gasteiger partial charge in [0.25, 0.3) is 0 Å². The number of aliphatic hydroxyl groups excluding tert-OH is 1. The maximum absolute atomic E-state index is 11.3. The van der Waals surface area contributed by atoms with Gasteiger partial charge in [-0.25, -0.2) is 0 Å². The highest BCUT2D eigenvalue weighted by Gasteiger charge is 2.20. The van der Waals surface area contributed by atoms with E-state index in [0.717, 1.165) is 0 Å². The largest absolute Gasteiger partial charge is 0.396 e. The maximum Gasteiger partial charge on any atom is 0.221 e. The van der Waals surface area contributed by atoms with Gasteiger partial charge in [-0.15, -0.1) is 0 Å². The fourth-order valence-electron chi connectivity index (χ4n) is 0.993. The Labute approximate surface area is 90.2 Å². The fraction of sp³-hybridized carbons (Fsp3) is 0.800. The SMILES string of the molecule is CNC(=O)CCNC(=O)CC(C)(C)CO. The normalized spacial score (nSPS) is 10.9. The second kappa shape index (κ2) is 6.40. The number of hydrogen-bond donors (Lipinski definition) is 3. The van der Waals surface area contributed by atoms with E-state index in [-0.39, 0.29) is 31.3 Å². The summed E-state index contributed by atoms with van der Waals surface area (Å²) in [4.78, 5) is 22.2. The molecule has 0 unspecified atom stereocenters. The molecule has 0 aromatic heterocycles. The Kier molecular flexibility index (Phi) is 5.93. The van der Waals surface area contributed by atoms with Gasteiger partial charge < -0.3 is 15.7 Å². The minimum atomic E-state index is -0.406. The summed E-state index contributed by atoms with van der Waals surface area (Å²) in [5, 5.41) is 14.0. The molecule has 0 saturated carbocycles. The molecule has 2 amide bonds. The Bertz CT molecular complexity index is 227. The van der Waals surface area contributed by atoms with Crippen LogP contribution in [-0.4, -0.2) is 37.1 Å². The topological polar surface area (TPSA) is 78.4 Å². The van der Waals surface area contributed by atoms with E-state index in [1.165, 1.54) is 0 Å². The highest BCUT2D eigenvalue weighted by molar-refractivity contribution is 5.79. The lowest BCUT2D eigenvalue weighted by Crippen LogP contribution is -2.33. The van der Waals surface area contributed by atoms with Crippen molar-refractivity contribution in [3.8, 4) is 0 Å². The van der Waals surface area contributed by atoms with E-state index in [1.807, 2.05) is 13.8 Å². The first kappa shape index (κ1) is 13.9. The smallest absolute Gasteiger partial charge is 0.221 e. The van der Waals surface area contributed by atoms with Crippen LogP contribution >= 0.6 is 0 Å². The summed E-state index contributed by atoms with van der Waals surface area (Å²) in [5.41, 5.74) is -0.406. The molecular formula is C10H20N2O3. The van der Waals surface area contributed by atoms with Gasteiger partial charge >= 0.3 is 0 Å². The number of hydrogen-bond acceptors (Lipinski definition) is 3. The third-order valence-electron chi connectivity index (χ3n) is 2.02. The molecule has 0 fully saturated rings. The summed E-state index contributed by atoms with van der Waals surface area (Å²) in [7, 11) is 1.55. The molecule has 0 aliphatic carbocycles. The van der Waals surface area contributed by atoms with Crippen molar-refractivity contribution in [1.82, 2.24) is 10.6 Å². The molecule has 0 spiro atoms. The molecule has 3 N–H and O–H groups in total. The molecule has 0 rings (SSSR count). The number of nitrogens with one attached hydrogen (secondary N) is 2. The summed E-state index contributed by atoms with van der Waals surface area (Å²) >= 11 is 0. The molecule has 5 heteroatoms. The summed E-state index contributed by atoms with van der Waals surface area (Å²) in [6, 6.07) is 0. The van der Waals surface area contributed by atoms with Gasteiger partial charge in [0.15, 0.2) is 0 Å². The van der Waals surface area contributed by atoms with Crippen LogP contribution in [0.4, 0.5) is 0 Å². The van der Waals surface area contributed by atoms with Crippen molar-refractivity contribution in [3.63, 3.8) is 0 Å². The van der Waals surface area contributed by atoms with Crippen molar-refractivity contribution in [2.45, 2.75) is 26.7 Å². The number of rotatable bonds is 6. The lowest BCUT2D eigenvalue weighted by Gasteiger charge is -2.20. The quantitative estimate of drug-likeness (QED) is 0.567. The Balaban J connectivity index is 3.72. The first-order valence-corrected chi connectivity index (χ1v) is 4.99. The van der Waals surface area contributed by atoms with Crippen LogP contribution in [0.5, 0.6) is 0 Å². The van der Waals surface area contributed by atoms with Crippen LogP contribution in [0.2, 0.25) is 0 Å². The lowest BCUT2D eigenvalue weighted by molar-refractivity contribution is -0.124. The third kappa shape index (κ3) is 6.90. The number of carbonyl (C=O) groups is 2. The molecule has 88 valence electrons. The average molecular weight is 216 g/mol.